The van der Waals surface area contributed by atoms with E-state index in [2.05, 4.69) is 11.8 Å². The molecule has 1 aliphatic heterocycles. The molecule has 17 heavy (non-hydrogen) atoms. The van der Waals surface area contributed by atoms with Crippen LogP contribution in [0, 0.1) is 5.92 Å². The maximum Gasteiger partial charge on any atom is 0.323 e. The summed E-state index contributed by atoms with van der Waals surface area (Å²) in [5, 5.41) is 0. The Morgan fingerprint density at radius 3 is 2.71 bits per heavy atom. The third-order valence-electron chi connectivity index (χ3n) is 3.73. The number of carbonyl (C=O) groups is 1. The van der Waals surface area contributed by atoms with Gasteiger partial charge in [-0.25, -0.2) is 0 Å². The number of piperidine rings is 1. The number of rotatable bonds is 5. The van der Waals surface area contributed by atoms with Crippen LogP contribution in [0.25, 0.3) is 0 Å². The van der Waals surface area contributed by atoms with Crippen LogP contribution in [-0.2, 0) is 9.53 Å². The molecular formula is C13H26N2O2. The molecule has 3 unspecified atom stereocenters. The third-order valence-corrected chi connectivity index (χ3v) is 3.73. The Morgan fingerprint density at radius 2 is 2.18 bits per heavy atom. The van der Waals surface area contributed by atoms with Crippen LogP contribution in [0.4, 0.5) is 0 Å². The van der Waals surface area contributed by atoms with Crippen LogP contribution in [0.15, 0.2) is 0 Å². The highest BCUT2D eigenvalue weighted by molar-refractivity contribution is 5.75. The zero-order chi connectivity index (χ0) is 12.8. The van der Waals surface area contributed by atoms with Crippen molar-refractivity contribution in [3.63, 3.8) is 0 Å². The molecule has 0 aromatic rings. The van der Waals surface area contributed by atoms with Crippen LogP contribution >= 0.6 is 0 Å². The summed E-state index contributed by atoms with van der Waals surface area (Å²) in [6.45, 7) is 8.35. The first kappa shape index (κ1) is 14.5. The van der Waals surface area contributed by atoms with Crippen LogP contribution in [-0.4, -0.2) is 42.6 Å². The molecule has 4 nitrogen and oxygen atoms in total. The maximum absolute atomic E-state index is 11.9. The molecule has 0 aromatic carbocycles. The molecule has 0 amide bonds. The summed E-state index contributed by atoms with van der Waals surface area (Å²) in [6.07, 6.45) is 2.87. The fourth-order valence-corrected chi connectivity index (χ4v) is 2.61. The lowest BCUT2D eigenvalue weighted by molar-refractivity contribution is -0.150. The SMILES string of the molecule is CCOC(=O)C(CC)N1CCC(N)C(CC)C1. The number of hydrogen-bond acceptors (Lipinski definition) is 4. The Labute approximate surface area is 104 Å². The number of esters is 1. The van der Waals surface area contributed by atoms with Gasteiger partial charge in [-0.2, -0.15) is 0 Å². The van der Waals surface area contributed by atoms with Crippen molar-refractivity contribution in [3.8, 4) is 0 Å². The van der Waals surface area contributed by atoms with Crippen molar-refractivity contribution in [3.05, 3.63) is 0 Å². The lowest BCUT2D eigenvalue weighted by atomic mass is 9.89. The van der Waals surface area contributed by atoms with E-state index in [4.69, 9.17) is 10.5 Å². The smallest absolute Gasteiger partial charge is 0.323 e. The molecule has 0 aliphatic carbocycles. The molecule has 0 saturated carbocycles. The molecule has 1 aliphatic rings. The van der Waals surface area contributed by atoms with Gasteiger partial charge in [0.25, 0.3) is 0 Å². The van der Waals surface area contributed by atoms with Crippen molar-refractivity contribution >= 4 is 5.97 Å². The molecule has 0 radical (unpaired) electrons. The molecule has 3 atom stereocenters. The van der Waals surface area contributed by atoms with Crippen LogP contribution in [0.2, 0.25) is 0 Å². The molecular weight excluding hydrogens is 216 g/mol. The highest BCUT2D eigenvalue weighted by Crippen LogP contribution is 2.21. The third kappa shape index (κ3) is 3.68. The summed E-state index contributed by atoms with van der Waals surface area (Å²) in [6, 6.07) is 0.201. The number of nitrogens with two attached hydrogens (primary N) is 1. The zero-order valence-corrected chi connectivity index (χ0v) is 11.3. The topological polar surface area (TPSA) is 55.6 Å². The molecule has 2 N–H and O–H groups in total. The number of nitrogens with zero attached hydrogens (tertiary/aromatic N) is 1. The number of ether oxygens (including phenoxy) is 1. The molecule has 0 aromatic heterocycles. The van der Waals surface area contributed by atoms with Crippen LogP contribution < -0.4 is 5.73 Å². The Bertz CT molecular complexity index is 246. The molecule has 0 bridgehead atoms. The van der Waals surface area contributed by atoms with Crippen molar-refractivity contribution in [2.75, 3.05) is 19.7 Å². The van der Waals surface area contributed by atoms with Crippen molar-refractivity contribution < 1.29 is 9.53 Å². The van der Waals surface area contributed by atoms with Gasteiger partial charge in [0.2, 0.25) is 0 Å². The van der Waals surface area contributed by atoms with Crippen molar-refractivity contribution in [1.29, 1.82) is 0 Å². The fourth-order valence-electron chi connectivity index (χ4n) is 2.61. The minimum Gasteiger partial charge on any atom is -0.465 e. The zero-order valence-electron chi connectivity index (χ0n) is 11.3. The average Bonchev–Trinajstić information content (AvgIpc) is 2.32. The maximum atomic E-state index is 11.9. The predicted octanol–water partition coefficient (Wildman–Crippen LogP) is 1.39. The van der Waals surface area contributed by atoms with Gasteiger partial charge in [-0.1, -0.05) is 20.3 Å². The van der Waals surface area contributed by atoms with Gasteiger partial charge in [0, 0.05) is 19.1 Å². The summed E-state index contributed by atoms with van der Waals surface area (Å²) >= 11 is 0. The lowest BCUT2D eigenvalue weighted by Gasteiger charge is -2.39. The van der Waals surface area contributed by atoms with Gasteiger partial charge >= 0.3 is 5.97 Å². The van der Waals surface area contributed by atoms with E-state index in [9.17, 15) is 4.79 Å². The first-order chi connectivity index (χ1) is 8.13. The normalized spacial score (nSPS) is 27.8. The van der Waals surface area contributed by atoms with Crippen LogP contribution in [0.5, 0.6) is 0 Å². The van der Waals surface area contributed by atoms with Gasteiger partial charge < -0.3 is 10.5 Å². The summed E-state index contributed by atoms with van der Waals surface area (Å²) in [4.78, 5) is 14.1. The van der Waals surface area contributed by atoms with Crippen LogP contribution in [0.3, 0.4) is 0 Å². The molecule has 1 heterocycles. The van der Waals surface area contributed by atoms with E-state index in [1.807, 2.05) is 13.8 Å². The Morgan fingerprint density at radius 1 is 1.47 bits per heavy atom. The number of likely N-dealkylation sites (tertiary alicyclic amines) is 1. The van der Waals surface area contributed by atoms with Gasteiger partial charge in [-0.15, -0.1) is 0 Å². The van der Waals surface area contributed by atoms with Gasteiger partial charge in [-0.05, 0) is 25.7 Å². The summed E-state index contributed by atoms with van der Waals surface area (Å²) in [5.41, 5.74) is 6.09. The molecule has 0 spiro atoms. The highest BCUT2D eigenvalue weighted by atomic mass is 16.5. The summed E-state index contributed by atoms with van der Waals surface area (Å²) < 4.78 is 5.13. The van der Waals surface area contributed by atoms with E-state index in [1.54, 1.807) is 0 Å². The molecule has 4 heteroatoms. The van der Waals surface area contributed by atoms with E-state index in [0.717, 1.165) is 32.4 Å². The van der Waals surface area contributed by atoms with Crippen LogP contribution in [0.1, 0.15) is 40.0 Å². The van der Waals surface area contributed by atoms with E-state index in [0.29, 0.717) is 12.5 Å². The second-order valence-corrected chi connectivity index (χ2v) is 4.79. The number of carbonyl (C=O) groups excluding carboxylic acids is 1. The van der Waals surface area contributed by atoms with E-state index in [1.165, 1.54) is 0 Å². The quantitative estimate of drug-likeness (QED) is 0.740. The monoisotopic (exact) mass is 242 g/mol. The Balaban J connectivity index is 2.60. The minimum absolute atomic E-state index is 0.0830. The molecule has 1 fully saturated rings. The largest absolute Gasteiger partial charge is 0.465 e. The Hall–Kier alpha value is -0.610. The average molecular weight is 242 g/mol. The van der Waals surface area contributed by atoms with Gasteiger partial charge in [0.05, 0.1) is 6.61 Å². The highest BCUT2D eigenvalue weighted by Gasteiger charge is 2.32. The fraction of sp³-hybridized carbons (Fsp3) is 0.923. The van der Waals surface area contributed by atoms with Gasteiger partial charge in [0.15, 0.2) is 0 Å². The second-order valence-electron chi connectivity index (χ2n) is 4.79. The van der Waals surface area contributed by atoms with E-state index < -0.39 is 0 Å². The van der Waals surface area contributed by atoms with Gasteiger partial charge in [-0.3, -0.25) is 9.69 Å². The van der Waals surface area contributed by atoms with E-state index >= 15 is 0 Å². The standard InChI is InChI=1S/C13H26N2O2/c1-4-10-9-15(8-7-11(10)14)12(5-2)13(16)17-6-3/h10-12H,4-9,14H2,1-3H3. The number of hydrogen-bond donors (Lipinski definition) is 1. The first-order valence-electron chi connectivity index (χ1n) is 6.80. The first-order valence-corrected chi connectivity index (χ1v) is 6.80. The predicted molar refractivity (Wildman–Crippen MR) is 68.7 cm³/mol. The van der Waals surface area contributed by atoms with Crippen molar-refractivity contribution in [2.24, 2.45) is 11.7 Å². The van der Waals surface area contributed by atoms with Gasteiger partial charge in [0.1, 0.15) is 6.04 Å². The summed E-state index contributed by atoms with van der Waals surface area (Å²) in [5.74, 6) is 0.424. The lowest BCUT2D eigenvalue weighted by Crippen LogP contribution is -2.52. The van der Waals surface area contributed by atoms with E-state index in [-0.39, 0.29) is 18.1 Å². The van der Waals surface area contributed by atoms with Crippen molar-refractivity contribution in [2.45, 2.75) is 52.1 Å². The second kappa shape index (κ2) is 6.97. The minimum atomic E-state index is -0.0866. The molecule has 1 rings (SSSR count). The summed E-state index contributed by atoms with van der Waals surface area (Å²) in [7, 11) is 0. The van der Waals surface area contributed by atoms with Crippen molar-refractivity contribution in [1.82, 2.24) is 4.90 Å². The Kier molecular flexibility index (Phi) is 5.92. The molecule has 100 valence electrons. The molecule has 1 saturated heterocycles.